The number of methoxy groups -OCH3 is 1. The van der Waals surface area contributed by atoms with Crippen LogP contribution in [0.1, 0.15) is 5.56 Å². The quantitative estimate of drug-likeness (QED) is 0.875. The number of pyridine rings is 1. The van der Waals surface area contributed by atoms with E-state index < -0.39 is 0 Å². The average molecular weight is 230 g/mol. The van der Waals surface area contributed by atoms with Gasteiger partial charge in [-0.3, -0.25) is 0 Å². The van der Waals surface area contributed by atoms with E-state index in [9.17, 15) is 0 Å². The van der Waals surface area contributed by atoms with Crippen LogP contribution in [0.5, 0.6) is 17.4 Å². The number of hydrogen-bond acceptors (Lipinski definition) is 4. The van der Waals surface area contributed by atoms with Gasteiger partial charge in [-0.05, 0) is 12.1 Å². The van der Waals surface area contributed by atoms with Crippen LogP contribution < -0.4 is 15.2 Å². The number of benzene rings is 1. The summed E-state index contributed by atoms with van der Waals surface area (Å²) < 4.78 is 10.7. The van der Waals surface area contributed by atoms with Crippen molar-refractivity contribution in [1.82, 2.24) is 4.98 Å². The Morgan fingerprint density at radius 1 is 1.18 bits per heavy atom. The van der Waals surface area contributed by atoms with E-state index in [0.717, 1.165) is 11.3 Å². The highest BCUT2D eigenvalue weighted by Gasteiger charge is 2.03. The molecule has 0 amide bonds. The SMILES string of the molecule is COc1ccc(Oc2ccccc2CN)nc1. The van der Waals surface area contributed by atoms with Gasteiger partial charge in [0.2, 0.25) is 5.88 Å². The van der Waals surface area contributed by atoms with E-state index in [4.69, 9.17) is 15.2 Å². The van der Waals surface area contributed by atoms with Gasteiger partial charge in [0, 0.05) is 18.2 Å². The van der Waals surface area contributed by atoms with Crippen molar-refractivity contribution in [2.24, 2.45) is 5.73 Å². The van der Waals surface area contributed by atoms with Crippen molar-refractivity contribution in [3.8, 4) is 17.4 Å². The second-order valence-electron chi connectivity index (χ2n) is 3.45. The van der Waals surface area contributed by atoms with Gasteiger partial charge in [-0.25, -0.2) is 4.98 Å². The molecule has 0 atom stereocenters. The zero-order valence-corrected chi connectivity index (χ0v) is 9.59. The minimum atomic E-state index is 0.437. The van der Waals surface area contributed by atoms with Gasteiger partial charge in [-0.15, -0.1) is 0 Å². The molecule has 1 aromatic carbocycles. The minimum absolute atomic E-state index is 0.437. The first kappa shape index (κ1) is 11.4. The molecule has 4 nitrogen and oxygen atoms in total. The lowest BCUT2D eigenvalue weighted by molar-refractivity contribution is 0.407. The first-order valence-corrected chi connectivity index (χ1v) is 5.29. The topological polar surface area (TPSA) is 57.4 Å². The molecule has 1 aromatic heterocycles. The molecule has 0 unspecified atom stereocenters. The maximum Gasteiger partial charge on any atom is 0.219 e. The first-order chi connectivity index (χ1) is 8.33. The number of rotatable bonds is 4. The van der Waals surface area contributed by atoms with Crippen LogP contribution in [-0.4, -0.2) is 12.1 Å². The summed E-state index contributed by atoms with van der Waals surface area (Å²) in [5, 5.41) is 0. The molecule has 0 saturated heterocycles. The maximum absolute atomic E-state index is 5.65. The van der Waals surface area contributed by atoms with Crippen molar-refractivity contribution in [1.29, 1.82) is 0 Å². The van der Waals surface area contributed by atoms with Crippen LogP contribution in [0.4, 0.5) is 0 Å². The lowest BCUT2D eigenvalue weighted by atomic mass is 10.2. The molecule has 0 aliphatic heterocycles. The normalized spacial score (nSPS) is 10.0. The molecule has 0 fully saturated rings. The first-order valence-electron chi connectivity index (χ1n) is 5.29. The number of hydrogen-bond donors (Lipinski definition) is 1. The number of nitrogens with two attached hydrogens (primary N) is 1. The summed E-state index contributed by atoms with van der Waals surface area (Å²) in [4.78, 5) is 4.13. The second kappa shape index (κ2) is 5.32. The molecule has 4 heteroatoms. The Kier molecular flexibility index (Phi) is 3.57. The molecular weight excluding hydrogens is 216 g/mol. The minimum Gasteiger partial charge on any atom is -0.495 e. The third kappa shape index (κ3) is 2.73. The van der Waals surface area contributed by atoms with Crippen molar-refractivity contribution in [2.75, 3.05) is 7.11 Å². The summed E-state index contributed by atoms with van der Waals surface area (Å²) in [7, 11) is 1.60. The van der Waals surface area contributed by atoms with E-state index in [2.05, 4.69) is 4.98 Å². The van der Waals surface area contributed by atoms with Crippen molar-refractivity contribution in [3.05, 3.63) is 48.2 Å². The van der Waals surface area contributed by atoms with Crippen molar-refractivity contribution in [3.63, 3.8) is 0 Å². The third-order valence-corrected chi connectivity index (χ3v) is 2.35. The molecule has 1 heterocycles. The Morgan fingerprint density at radius 2 is 2.00 bits per heavy atom. The van der Waals surface area contributed by atoms with Crippen LogP contribution in [0.15, 0.2) is 42.6 Å². The van der Waals surface area contributed by atoms with Crippen LogP contribution in [0, 0.1) is 0 Å². The maximum atomic E-state index is 5.65. The Labute approximate surface area is 100 Å². The summed E-state index contributed by atoms with van der Waals surface area (Å²) in [6.45, 7) is 0.437. The van der Waals surface area contributed by atoms with Gasteiger partial charge in [-0.2, -0.15) is 0 Å². The summed E-state index contributed by atoms with van der Waals surface area (Å²) in [6, 6.07) is 11.2. The zero-order chi connectivity index (χ0) is 12.1. The molecule has 0 spiro atoms. The monoisotopic (exact) mass is 230 g/mol. The fraction of sp³-hybridized carbons (Fsp3) is 0.154. The van der Waals surface area contributed by atoms with Crippen LogP contribution in [0.2, 0.25) is 0 Å². The lowest BCUT2D eigenvalue weighted by Gasteiger charge is -2.09. The highest BCUT2D eigenvalue weighted by molar-refractivity contribution is 5.36. The fourth-order valence-corrected chi connectivity index (χ4v) is 1.43. The summed E-state index contributed by atoms with van der Waals surface area (Å²) in [6.07, 6.45) is 1.61. The molecule has 2 rings (SSSR count). The van der Waals surface area contributed by atoms with Crippen LogP contribution in [0.25, 0.3) is 0 Å². The van der Waals surface area contributed by atoms with E-state index >= 15 is 0 Å². The smallest absolute Gasteiger partial charge is 0.219 e. The molecule has 0 saturated carbocycles. The molecule has 0 aliphatic rings. The molecule has 2 N–H and O–H groups in total. The van der Waals surface area contributed by atoms with Crippen LogP contribution >= 0.6 is 0 Å². The predicted molar refractivity (Wildman–Crippen MR) is 65.2 cm³/mol. The predicted octanol–water partition coefficient (Wildman–Crippen LogP) is 2.34. The van der Waals surface area contributed by atoms with Crippen molar-refractivity contribution < 1.29 is 9.47 Å². The fourth-order valence-electron chi connectivity index (χ4n) is 1.43. The van der Waals surface area contributed by atoms with Crippen LogP contribution in [-0.2, 0) is 6.54 Å². The molecule has 2 aromatic rings. The Bertz CT molecular complexity index is 483. The van der Waals surface area contributed by atoms with Gasteiger partial charge in [0.25, 0.3) is 0 Å². The molecule has 0 bridgehead atoms. The molecule has 0 radical (unpaired) electrons. The largest absolute Gasteiger partial charge is 0.495 e. The number of ether oxygens (including phenoxy) is 2. The van der Waals surface area contributed by atoms with Crippen molar-refractivity contribution >= 4 is 0 Å². The Morgan fingerprint density at radius 3 is 2.65 bits per heavy atom. The highest BCUT2D eigenvalue weighted by atomic mass is 16.5. The Hall–Kier alpha value is -2.07. The second-order valence-corrected chi connectivity index (χ2v) is 3.45. The summed E-state index contributed by atoms with van der Waals surface area (Å²) >= 11 is 0. The average Bonchev–Trinajstić information content (AvgIpc) is 2.40. The van der Waals surface area contributed by atoms with Gasteiger partial charge in [-0.1, -0.05) is 18.2 Å². The number of nitrogens with zero attached hydrogens (tertiary/aromatic N) is 1. The highest BCUT2D eigenvalue weighted by Crippen LogP contribution is 2.24. The van der Waals surface area contributed by atoms with E-state index in [0.29, 0.717) is 18.2 Å². The van der Waals surface area contributed by atoms with Gasteiger partial charge in [0.15, 0.2) is 0 Å². The van der Waals surface area contributed by atoms with E-state index in [1.54, 1.807) is 25.4 Å². The zero-order valence-electron chi connectivity index (χ0n) is 9.59. The lowest BCUT2D eigenvalue weighted by Crippen LogP contribution is -1.99. The van der Waals surface area contributed by atoms with E-state index in [-0.39, 0.29) is 0 Å². The van der Waals surface area contributed by atoms with Crippen LogP contribution in [0.3, 0.4) is 0 Å². The molecule has 17 heavy (non-hydrogen) atoms. The Balaban J connectivity index is 2.19. The van der Waals surface area contributed by atoms with Gasteiger partial charge in [0.05, 0.1) is 13.3 Å². The van der Waals surface area contributed by atoms with Gasteiger partial charge in [0.1, 0.15) is 11.5 Å². The molecular formula is C13H14N2O2. The van der Waals surface area contributed by atoms with E-state index in [1.165, 1.54) is 0 Å². The number of para-hydroxylation sites is 1. The van der Waals surface area contributed by atoms with Crippen molar-refractivity contribution in [2.45, 2.75) is 6.54 Å². The summed E-state index contributed by atoms with van der Waals surface area (Å²) in [5.74, 6) is 1.95. The van der Waals surface area contributed by atoms with Gasteiger partial charge >= 0.3 is 0 Å². The summed E-state index contributed by atoms with van der Waals surface area (Å²) in [5.41, 5.74) is 6.58. The standard InChI is InChI=1S/C13H14N2O2/c1-16-11-6-7-13(15-9-11)17-12-5-3-2-4-10(12)8-14/h2-7,9H,8,14H2,1H3. The van der Waals surface area contributed by atoms with E-state index in [1.807, 2.05) is 24.3 Å². The number of aromatic nitrogens is 1. The van der Waals surface area contributed by atoms with Gasteiger partial charge < -0.3 is 15.2 Å². The third-order valence-electron chi connectivity index (χ3n) is 2.35. The molecule has 88 valence electrons. The molecule has 0 aliphatic carbocycles.